The molecule has 1 amide bonds. The first-order valence-corrected chi connectivity index (χ1v) is 5.91. The molecule has 0 aromatic heterocycles. The summed E-state index contributed by atoms with van der Waals surface area (Å²) in [5.41, 5.74) is 0.426. The summed E-state index contributed by atoms with van der Waals surface area (Å²) in [4.78, 5) is 23.2. The number of esters is 1. The molecule has 1 rings (SSSR count). The molecule has 0 radical (unpaired) electrons. The van der Waals surface area contributed by atoms with Crippen LogP contribution in [0.15, 0.2) is 24.3 Å². The van der Waals surface area contributed by atoms with E-state index in [4.69, 9.17) is 4.74 Å². The molecule has 0 fully saturated rings. The Labute approximate surface area is 112 Å². The fourth-order valence-corrected chi connectivity index (χ4v) is 1.51. The molecule has 1 aromatic rings. The van der Waals surface area contributed by atoms with Gasteiger partial charge in [0.25, 0.3) is 0 Å². The van der Waals surface area contributed by atoms with E-state index in [1.54, 1.807) is 31.4 Å². The van der Waals surface area contributed by atoms with Crippen LogP contribution in [-0.2, 0) is 14.3 Å². The van der Waals surface area contributed by atoms with Gasteiger partial charge in [0.2, 0.25) is 5.91 Å². The van der Waals surface area contributed by atoms with Crippen LogP contribution in [0.1, 0.15) is 30.6 Å². The van der Waals surface area contributed by atoms with Crippen LogP contribution in [0.4, 0.5) is 5.69 Å². The summed E-state index contributed by atoms with van der Waals surface area (Å²) >= 11 is 0. The van der Waals surface area contributed by atoms with Crippen LogP contribution in [0.2, 0.25) is 0 Å². The molecule has 1 aromatic carbocycles. The number of methoxy groups -OCH3 is 2. The Bertz CT molecular complexity index is 468. The van der Waals surface area contributed by atoms with Gasteiger partial charge in [-0.05, 0) is 32.0 Å². The molecule has 0 spiro atoms. The van der Waals surface area contributed by atoms with Crippen molar-refractivity contribution in [2.75, 3.05) is 19.5 Å². The molecule has 0 aliphatic carbocycles. The van der Waals surface area contributed by atoms with Gasteiger partial charge in [0.1, 0.15) is 0 Å². The highest BCUT2D eigenvalue weighted by molar-refractivity contribution is 5.94. The minimum absolute atomic E-state index is 0.172. The van der Waals surface area contributed by atoms with Gasteiger partial charge in [-0.25, -0.2) is 4.79 Å². The normalized spacial score (nSPS) is 10.9. The summed E-state index contributed by atoms with van der Waals surface area (Å²) in [5, 5.41) is 2.72. The summed E-state index contributed by atoms with van der Waals surface area (Å²) in [7, 11) is 2.87. The van der Waals surface area contributed by atoms with Gasteiger partial charge in [0.15, 0.2) is 0 Å². The zero-order chi connectivity index (χ0) is 14.5. The number of carbonyl (C=O) groups is 2. The van der Waals surface area contributed by atoms with E-state index < -0.39 is 11.6 Å². The summed E-state index contributed by atoms with van der Waals surface area (Å²) in [6, 6.07) is 6.59. The molecule has 0 aliphatic rings. The second-order valence-corrected chi connectivity index (χ2v) is 4.76. The van der Waals surface area contributed by atoms with Crippen molar-refractivity contribution in [2.24, 2.45) is 0 Å². The second-order valence-electron chi connectivity index (χ2n) is 4.76. The van der Waals surface area contributed by atoms with Crippen molar-refractivity contribution in [3.63, 3.8) is 0 Å². The van der Waals surface area contributed by atoms with Crippen molar-refractivity contribution in [3.8, 4) is 0 Å². The highest BCUT2D eigenvalue weighted by Crippen LogP contribution is 2.16. The number of benzene rings is 1. The van der Waals surface area contributed by atoms with Crippen LogP contribution >= 0.6 is 0 Å². The highest BCUT2D eigenvalue weighted by atomic mass is 16.5. The second kappa shape index (κ2) is 6.33. The van der Waals surface area contributed by atoms with E-state index in [9.17, 15) is 9.59 Å². The predicted molar refractivity (Wildman–Crippen MR) is 72.1 cm³/mol. The maximum Gasteiger partial charge on any atom is 0.337 e. The van der Waals surface area contributed by atoms with Crippen molar-refractivity contribution in [3.05, 3.63) is 29.8 Å². The third kappa shape index (κ3) is 4.71. The first-order chi connectivity index (χ1) is 8.88. The zero-order valence-electron chi connectivity index (χ0n) is 11.6. The van der Waals surface area contributed by atoms with Crippen molar-refractivity contribution in [1.82, 2.24) is 0 Å². The van der Waals surface area contributed by atoms with Gasteiger partial charge in [-0.2, -0.15) is 0 Å². The Kier molecular flexibility index (Phi) is 5.06. The van der Waals surface area contributed by atoms with Crippen LogP contribution in [-0.4, -0.2) is 31.7 Å². The van der Waals surface area contributed by atoms with E-state index in [0.29, 0.717) is 11.3 Å². The zero-order valence-corrected chi connectivity index (χ0v) is 11.6. The monoisotopic (exact) mass is 265 g/mol. The van der Waals surface area contributed by atoms with Crippen molar-refractivity contribution in [1.29, 1.82) is 0 Å². The van der Waals surface area contributed by atoms with Crippen LogP contribution < -0.4 is 5.32 Å². The Morgan fingerprint density at radius 1 is 1.26 bits per heavy atom. The van der Waals surface area contributed by atoms with Gasteiger partial charge in [-0.1, -0.05) is 6.07 Å². The summed E-state index contributed by atoms with van der Waals surface area (Å²) in [6.45, 7) is 3.66. The number of rotatable bonds is 5. The first kappa shape index (κ1) is 15.2. The number of amides is 1. The molecule has 0 atom stereocenters. The lowest BCUT2D eigenvalue weighted by Crippen LogP contribution is -2.29. The van der Waals surface area contributed by atoms with Crippen LogP contribution in [0, 0.1) is 0 Å². The molecule has 104 valence electrons. The van der Waals surface area contributed by atoms with Crippen molar-refractivity contribution >= 4 is 17.6 Å². The maximum atomic E-state index is 11.8. The van der Waals surface area contributed by atoms with Gasteiger partial charge in [-0.15, -0.1) is 0 Å². The number of nitrogens with one attached hydrogen (secondary N) is 1. The van der Waals surface area contributed by atoms with E-state index in [-0.39, 0.29) is 12.3 Å². The number of hydrogen-bond acceptors (Lipinski definition) is 4. The molecule has 0 bridgehead atoms. The van der Waals surface area contributed by atoms with Crippen LogP contribution in [0.5, 0.6) is 0 Å². The number of ether oxygens (including phenoxy) is 2. The molecule has 1 N–H and O–H groups in total. The van der Waals surface area contributed by atoms with Gasteiger partial charge in [0.05, 0.1) is 24.7 Å². The van der Waals surface area contributed by atoms with Crippen LogP contribution in [0.25, 0.3) is 0 Å². The third-order valence-electron chi connectivity index (χ3n) is 2.71. The highest BCUT2D eigenvalue weighted by Gasteiger charge is 2.21. The number of carbonyl (C=O) groups excluding carboxylic acids is 2. The van der Waals surface area contributed by atoms with E-state index in [2.05, 4.69) is 10.1 Å². The van der Waals surface area contributed by atoms with Crippen LogP contribution in [0.3, 0.4) is 0 Å². The minimum Gasteiger partial charge on any atom is -0.465 e. The lowest BCUT2D eigenvalue weighted by molar-refractivity contribution is -0.121. The van der Waals surface area contributed by atoms with E-state index in [0.717, 1.165) is 0 Å². The topological polar surface area (TPSA) is 64.6 Å². The fourth-order valence-electron chi connectivity index (χ4n) is 1.51. The average Bonchev–Trinajstić information content (AvgIpc) is 2.37. The quantitative estimate of drug-likeness (QED) is 0.829. The smallest absolute Gasteiger partial charge is 0.337 e. The van der Waals surface area contributed by atoms with Gasteiger partial charge >= 0.3 is 5.97 Å². The first-order valence-electron chi connectivity index (χ1n) is 5.91. The Morgan fingerprint density at radius 2 is 1.95 bits per heavy atom. The molecule has 0 aliphatic heterocycles. The maximum absolute atomic E-state index is 11.8. The van der Waals surface area contributed by atoms with Crippen molar-refractivity contribution < 1.29 is 19.1 Å². The molecule has 5 heteroatoms. The predicted octanol–water partition coefficient (Wildman–Crippen LogP) is 2.23. The molecule has 0 unspecified atom stereocenters. The lowest BCUT2D eigenvalue weighted by Gasteiger charge is -2.21. The number of anilines is 1. The van der Waals surface area contributed by atoms with Gasteiger partial charge in [-0.3, -0.25) is 4.79 Å². The van der Waals surface area contributed by atoms with Crippen molar-refractivity contribution in [2.45, 2.75) is 25.9 Å². The Balaban J connectivity index is 2.72. The number of hydrogen-bond donors (Lipinski definition) is 1. The average molecular weight is 265 g/mol. The van der Waals surface area contributed by atoms with Gasteiger partial charge in [0, 0.05) is 12.8 Å². The Hall–Kier alpha value is -1.88. The lowest BCUT2D eigenvalue weighted by atomic mass is 10.0. The summed E-state index contributed by atoms with van der Waals surface area (Å²) in [5.74, 6) is -0.609. The molecule has 19 heavy (non-hydrogen) atoms. The molecular weight excluding hydrogens is 246 g/mol. The molecule has 0 saturated heterocycles. The summed E-state index contributed by atoms with van der Waals surface area (Å²) in [6.07, 6.45) is 0.228. The van der Waals surface area contributed by atoms with Gasteiger partial charge < -0.3 is 14.8 Å². The third-order valence-corrected chi connectivity index (χ3v) is 2.71. The standard InChI is InChI=1S/C14H19NO4/c1-14(2,19-4)9-12(16)15-11-7-5-6-10(8-11)13(17)18-3/h5-8H,9H2,1-4H3,(H,15,16). The molecule has 0 saturated carbocycles. The largest absolute Gasteiger partial charge is 0.465 e. The van der Waals surface area contributed by atoms with E-state index in [1.165, 1.54) is 7.11 Å². The van der Waals surface area contributed by atoms with E-state index in [1.807, 2.05) is 13.8 Å². The SMILES string of the molecule is COC(=O)c1cccc(NC(=O)CC(C)(C)OC)c1. The molecule has 5 nitrogen and oxygen atoms in total. The van der Waals surface area contributed by atoms with E-state index >= 15 is 0 Å². The Morgan fingerprint density at radius 3 is 2.53 bits per heavy atom. The molecule has 0 heterocycles. The minimum atomic E-state index is -0.524. The summed E-state index contributed by atoms with van der Waals surface area (Å²) < 4.78 is 9.81. The fraction of sp³-hybridized carbons (Fsp3) is 0.429. The molecular formula is C14H19NO4.